The molecule has 216 valence electrons. The van der Waals surface area contributed by atoms with Crippen molar-refractivity contribution in [2.45, 2.75) is 14.7 Å². The Hall–Kier alpha value is -3.20. The van der Waals surface area contributed by atoms with Crippen molar-refractivity contribution in [3.8, 4) is 5.75 Å². The topological polar surface area (TPSA) is 246 Å². The fourth-order valence-corrected chi connectivity index (χ4v) is 5.74. The second kappa shape index (κ2) is 10.9. The molecule has 0 bridgehead atoms. The summed E-state index contributed by atoms with van der Waals surface area (Å²) < 4.78 is 99.6. The first kappa shape index (κ1) is 30.8. The summed E-state index contributed by atoms with van der Waals surface area (Å²) in [6, 6.07) is 6.23. The van der Waals surface area contributed by atoms with E-state index < -0.39 is 67.6 Å². The van der Waals surface area contributed by atoms with Crippen molar-refractivity contribution in [3.63, 3.8) is 0 Å². The number of phenols is 1. The fraction of sp³-hybridized carbons (Fsp3) is 0. The van der Waals surface area contributed by atoms with Crippen LogP contribution in [0.1, 0.15) is 0 Å². The molecule has 0 aliphatic heterocycles. The average molecular weight is 685 g/mol. The first-order valence-electron chi connectivity index (χ1n) is 10.3. The van der Waals surface area contributed by atoms with Gasteiger partial charge < -0.3 is 10.4 Å². The normalized spacial score (nSPS) is 12.7. The Balaban J connectivity index is 1.88. The van der Waals surface area contributed by atoms with Gasteiger partial charge in [0.15, 0.2) is 16.7 Å². The van der Waals surface area contributed by atoms with Crippen LogP contribution in [-0.2, 0) is 30.4 Å². The van der Waals surface area contributed by atoms with E-state index >= 15 is 0 Å². The lowest BCUT2D eigenvalue weighted by atomic mass is 10.1. The van der Waals surface area contributed by atoms with Gasteiger partial charge in [-0.3, -0.25) is 13.7 Å². The lowest BCUT2D eigenvalue weighted by Gasteiger charge is -2.11. The summed E-state index contributed by atoms with van der Waals surface area (Å²) in [5.74, 6) is -0.855. The predicted octanol–water partition coefficient (Wildman–Crippen LogP) is 5.19. The van der Waals surface area contributed by atoms with E-state index in [1.54, 1.807) is 0 Å². The van der Waals surface area contributed by atoms with Crippen LogP contribution in [0, 0.1) is 0 Å². The zero-order valence-corrected chi connectivity index (χ0v) is 24.1. The molecule has 5 N–H and O–H groups in total. The number of nitrogens with zero attached hydrogens (tertiary/aromatic N) is 4. The van der Waals surface area contributed by atoms with E-state index in [4.69, 9.17) is 34.8 Å². The number of benzene rings is 3. The van der Waals surface area contributed by atoms with Crippen molar-refractivity contribution in [2.24, 2.45) is 10.2 Å². The maximum Gasteiger partial charge on any atom is 0.296 e. The summed E-state index contributed by atoms with van der Waals surface area (Å²) >= 11 is 17.7. The van der Waals surface area contributed by atoms with Crippen molar-refractivity contribution in [3.05, 3.63) is 57.9 Å². The number of hydrogen-bond donors (Lipinski definition) is 5. The van der Waals surface area contributed by atoms with Crippen LogP contribution in [0.5, 0.6) is 5.75 Å². The lowest BCUT2D eigenvalue weighted by Crippen LogP contribution is -2.02. The molecule has 3 aromatic carbocycles. The highest BCUT2D eigenvalue weighted by Gasteiger charge is 2.23. The first-order valence-corrected chi connectivity index (χ1v) is 15.7. The molecule has 0 amide bonds. The molecule has 0 radical (unpaired) electrons. The molecule has 0 saturated carbocycles. The van der Waals surface area contributed by atoms with Crippen LogP contribution in [-0.4, -0.2) is 54.0 Å². The second-order valence-corrected chi connectivity index (χ2v) is 13.1. The van der Waals surface area contributed by atoms with Gasteiger partial charge in [-0.15, -0.1) is 10.2 Å². The van der Waals surface area contributed by atoms with Crippen molar-refractivity contribution < 1.29 is 44.0 Å². The van der Waals surface area contributed by atoms with Gasteiger partial charge in [-0.2, -0.15) is 30.2 Å². The third-order valence-electron chi connectivity index (χ3n) is 5.15. The van der Waals surface area contributed by atoms with Gasteiger partial charge in [0.05, 0.1) is 4.90 Å². The highest BCUT2D eigenvalue weighted by atomic mass is 35.5. The number of rotatable bonds is 7. The molecule has 1 heterocycles. The smallest absolute Gasteiger partial charge is 0.296 e. The highest BCUT2D eigenvalue weighted by molar-refractivity contribution is 7.86. The third kappa shape index (κ3) is 6.66. The molecule has 21 heteroatoms. The van der Waals surface area contributed by atoms with Crippen LogP contribution in [0.2, 0.25) is 15.5 Å². The Morgan fingerprint density at radius 3 is 1.95 bits per heavy atom. The molecule has 0 fully saturated rings. The van der Waals surface area contributed by atoms with Gasteiger partial charge in [0, 0.05) is 16.5 Å². The van der Waals surface area contributed by atoms with Crippen molar-refractivity contribution in [2.75, 3.05) is 5.32 Å². The summed E-state index contributed by atoms with van der Waals surface area (Å²) in [6.07, 6.45) is 0. The van der Waals surface area contributed by atoms with Crippen LogP contribution in [0.4, 0.5) is 22.9 Å². The average Bonchev–Trinajstić information content (AvgIpc) is 2.84. The Kier molecular flexibility index (Phi) is 8.17. The summed E-state index contributed by atoms with van der Waals surface area (Å²) in [5.41, 5.74) is -1.09. The first-order chi connectivity index (χ1) is 18.9. The number of nitrogens with one attached hydrogen (secondary N) is 1. The summed E-state index contributed by atoms with van der Waals surface area (Å²) in [7, 11) is -14.8. The standard InChI is InChI=1S/C20H12Cl3N5O10S3/c21-16-18(22)25-20(23)26-19(16)24-8-1-4-14(40(33,34)35)12(5-8)27-28-13-7-15(41(36,37)38)11-6-9(39(30,31)32)2-3-10(11)17(13)29/h1-7,29H,(H,24,25,26)(H,30,31,32)(H,33,34,35)(H,36,37,38). The minimum absolute atomic E-state index is 0.0678. The number of halogens is 3. The van der Waals surface area contributed by atoms with Crippen LogP contribution in [0.15, 0.2) is 67.4 Å². The summed E-state index contributed by atoms with van der Waals surface area (Å²) in [6.45, 7) is 0. The van der Waals surface area contributed by atoms with Crippen LogP contribution in [0.3, 0.4) is 0 Å². The van der Waals surface area contributed by atoms with Crippen LogP contribution < -0.4 is 5.32 Å². The van der Waals surface area contributed by atoms with E-state index in [0.717, 1.165) is 24.3 Å². The Labute approximate surface area is 245 Å². The second-order valence-electron chi connectivity index (χ2n) is 7.83. The number of azo groups is 1. The zero-order valence-electron chi connectivity index (χ0n) is 19.4. The lowest BCUT2D eigenvalue weighted by molar-refractivity contribution is 0.477. The van der Waals surface area contributed by atoms with E-state index in [1.165, 1.54) is 6.07 Å². The number of aromatic nitrogens is 2. The van der Waals surface area contributed by atoms with E-state index in [-0.39, 0.29) is 32.4 Å². The third-order valence-corrected chi connectivity index (χ3v) is 8.69. The van der Waals surface area contributed by atoms with Gasteiger partial charge in [0.25, 0.3) is 30.4 Å². The molecule has 0 aliphatic rings. The van der Waals surface area contributed by atoms with Crippen LogP contribution in [0.25, 0.3) is 10.8 Å². The minimum Gasteiger partial charge on any atom is -0.505 e. The van der Waals surface area contributed by atoms with Gasteiger partial charge in [0.1, 0.15) is 26.2 Å². The van der Waals surface area contributed by atoms with Crippen molar-refractivity contribution in [1.29, 1.82) is 0 Å². The number of anilines is 2. The van der Waals surface area contributed by atoms with Gasteiger partial charge >= 0.3 is 0 Å². The van der Waals surface area contributed by atoms with Gasteiger partial charge in [-0.25, -0.2) is 4.98 Å². The largest absolute Gasteiger partial charge is 0.505 e. The highest BCUT2D eigenvalue weighted by Crippen LogP contribution is 2.41. The van der Waals surface area contributed by atoms with E-state index in [1.807, 2.05) is 0 Å². The molecule has 15 nitrogen and oxygen atoms in total. The molecule has 0 saturated heterocycles. The quantitative estimate of drug-likeness (QED) is 0.0728. The number of fused-ring (bicyclic) bond motifs is 1. The Morgan fingerprint density at radius 2 is 1.34 bits per heavy atom. The van der Waals surface area contributed by atoms with Crippen molar-refractivity contribution >= 4 is 98.8 Å². The SMILES string of the molecule is O=S(=O)(O)c1ccc2c(O)c(N=Nc3cc(Nc4nc(Cl)nc(Cl)c4Cl)ccc3S(=O)(=O)O)cc(S(=O)(=O)O)c2c1. The van der Waals surface area contributed by atoms with E-state index in [2.05, 4.69) is 25.5 Å². The fourth-order valence-electron chi connectivity index (χ4n) is 3.40. The number of aromatic hydroxyl groups is 1. The Morgan fingerprint density at radius 1 is 0.707 bits per heavy atom. The van der Waals surface area contributed by atoms with Crippen LogP contribution >= 0.6 is 34.8 Å². The molecule has 4 aromatic rings. The van der Waals surface area contributed by atoms with E-state index in [9.17, 15) is 44.0 Å². The number of hydrogen-bond acceptors (Lipinski definition) is 12. The molecule has 41 heavy (non-hydrogen) atoms. The molecule has 0 unspecified atom stereocenters. The molecule has 0 aliphatic carbocycles. The molecular weight excluding hydrogens is 673 g/mol. The van der Waals surface area contributed by atoms with Gasteiger partial charge in [0.2, 0.25) is 5.28 Å². The molecular formula is C20H12Cl3N5O10S3. The maximum atomic E-state index is 12.1. The molecule has 0 atom stereocenters. The van der Waals surface area contributed by atoms with Gasteiger partial charge in [-0.05, 0) is 54.1 Å². The Bertz CT molecular complexity index is 2110. The maximum absolute atomic E-state index is 12.1. The predicted molar refractivity (Wildman–Crippen MR) is 146 cm³/mol. The summed E-state index contributed by atoms with van der Waals surface area (Å²) in [5, 5.41) is 19.3. The molecule has 4 rings (SSSR count). The number of phenolic OH excluding ortho intramolecular Hbond substituents is 1. The van der Waals surface area contributed by atoms with Crippen molar-refractivity contribution in [1.82, 2.24) is 9.97 Å². The zero-order chi connectivity index (χ0) is 30.5. The molecule has 1 aromatic heterocycles. The van der Waals surface area contributed by atoms with Gasteiger partial charge in [-0.1, -0.05) is 23.2 Å². The molecule has 0 spiro atoms. The van der Waals surface area contributed by atoms with E-state index in [0.29, 0.717) is 12.1 Å². The monoisotopic (exact) mass is 683 g/mol. The summed E-state index contributed by atoms with van der Waals surface area (Å²) in [4.78, 5) is 5.08. The minimum atomic E-state index is -5.08.